The van der Waals surface area contributed by atoms with Crippen LogP contribution in [0.3, 0.4) is 0 Å². The minimum Gasteiger partial charge on any atom is -0.495 e. The molecule has 0 aromatic heterocycles. The van der Waals surface area contributed by atoms with Crippen molar-refractivity contribution in [2.75, 3.05) is 25.6 Å². The summed E-state index contributed by atoms with van der Waals surface area (Å²) in [5.74, 6) is -0.847. The number of benzene rings is 2. The predicted molar refractivity (Wildman–Crippen MR) is 116 cm³/mol. The normalized spacial score (nSPS) is 12.8. The molecule has 1 aliphatic rings. The van der Waals surface area contributed by atoms with Crippen molar-refractivity contribution in [2.45, 2.75) is 26.2 Å². The van der Waals surface area contributed by atoms with Crippen LogP contribution in [-0.2, 0) is 19.1 Å². The van der Waals surface area contributed by atoms with E-state index in [4.69, 9.17) is 9.47 Å². The standard InChI is InChI=1S/C23H25N3O5/c1-16-8-9-20(30-2)19(14-16)24-21(27)15-31-23(29)11-10-22(28)26-13-12-18(25-26)17-6-4-3-5-7-17/h3-9,14H,10-13,15H2,1-2H3,(H,24,27). The SMILES string of the molecule is COc1ccc(C)cc1NC(=O)COC(=O)CCC(=O)N1CCC(c2ccccc2)=N1. The number of amides is 2. The smallest absolute Gasteiger partial charge is 0.306 e. The third kappa shape index (κ3) is 6.15. The highest BCUT2D eigenvalue weighted by Gasteiger charge is 2.22. The lowest BCUT2D eigenvalue weighted by atomic mass is 10.1. The molecule has 0 bridgehead atoms. The summed E-state index contributed by atoms with van der Waals surface area (Å²) >= 11 is 0. The second kappa shape index (κ2) is 10.4. The Morgan fingerprint density at radius 2 is 1.87 bits per heavy atom. The molecule has 8 heteroatoms. The number of hydrazone groups is 1. The van der Waals surface area contributed by atoms with Crippen LogP contribution < -0.4 is 10.1 Å². The number of hydrogen-bond donors (Lipinski definition) is 1. The minimum atomic E-state index is -0.619. The summed E-state index contributed by atoms with van der Waals surface area (Å²) in [4.78, 5) is 36.4. The van der Waals surface area contributed by atoms with Gasteiger partial charge < -0.3 is 14.8 Å². The van der Waals surface area contributed by atoms with Crippen LogP contribution in [0, 0.1) is 6.92 Å². The van der Waals surface area contributed by atoms with E-state index in [1.54, 1.807) is 12.1 Å². The number of nitrogens with one attached hydrogen (secondary N) is 1. The molecular formula is C23H25N3O5. The Morgan fingerprint density at radius 3 is 2.61 bits per heavy atom. The van der Waals surface area contributed by atoms with E-state index in [9.17, 15) is 14.4 Å². The minimum absolute atomic E-state index is 0.0300. The lowest BCUT2D eigenvalue weighted by Gasteiger charge is -2.12. The van der Waals surface area contributed by atoms with Gasteiger partial charge in [-0.25, -0.2) is 5.01 Å². The van der Waals surface area contributed by atoms with E-state index < -0.39 is 18.5 Å². The van der Waals surface area contributed by atoms with Gasteiger partial charge >= 0.3 is 5.97 Å². The molecule has 0 aliphatic carbocycles. The van der Waals surface area contributed by atoms with Gasteiger partial charge in [0.25, 0.3) is 5.91 Å². The van der Waals surface area contributed by atoms with Crippen LogP contribution in [0.1, 0.15) is 30.4 Å². The maximum absolute atomic E-state index is 12.3. The molecule has 1 N–H and O–H groups in total. The Morgan fingerprint density at radius 1 is 1.10 bits per heavy atom. The van der Waals surface area contributed by atoms with Gasteiger partial charge in [-0.3, -0.25) is 14.4 Å². The zero-order chi connectivity index (χ0) is 22.2. The molecule has 0 spiro atoms. The summed E-state index contributed by atoms with van der Waals surface area (Å²) < 4.78 is 10.2. The molecule has 31 heavy (non-hydrogen) atoms. The van der Waals surface area contributed by atoms with Crippen LogP contribution in [0.15, 0.2) is 53.6 Å². The third-order valence-corrected chi connectivity index (χ3v) is 4.73. The van der Waals surface area contributed by atoms with Crippen molar-refractivity contribution in [1.82, 2.24) is 5.01 Å². The topological polar surface area (TPSA) is 97.3 Å². The molecular weight excluding hydrogens is 398 g/mol. The number of carbonyl (C=O) groups is 3. The van der Waals surface area contributed by atoms with Gasteiger partial charge in [0.05, 0.1) is 31.5 Å². The Labute approximate surface area is 180 Å². The van der Waals surface area contributed by atoms with Crippen molar-refractivity contribution in [1.29, 1.82) is 0 Å². The van der Waals surface area contributed by atoms with Crippen LogP contribution in [0.5, 0.6) is 5.75 Å². The van der Waals surface area contributed by atoms with Gasteiger partial charge in [0.1, 0.15) is 5.75 Å². The Hall–Kier alpha value is -3.68. The highest BCUT2D eigenvalue weighted by Crippen LogP contribution is 2.25. The van der Waals surface area contributed by atoms with Gasteiger partial charge in [0.15, 0.2) is 6.61 Å². The summed E-state index contributed by atoms with van der Waals surface area (Å²) in [5.41, 5.74) is 3.28. The monoisotopic (exact) mass is 423 g/mol. The molecule has 0 unspecified atom stereocenters. The molecule has 1 heterocycles. The molecule has 0 atom stereocenters. The zero-order valence-corrected chi connectivity index (χ0v) is 17.6. The fourth-order valence-corrected chi connectivity index (χ4v) is 3.13. The number of rotatable bonds is 8. The van der Waals surface area contributed by atoms with Gasteiger partial charge in [-0.15, -0.1) is 0 Å². The summed E-state index contributed by atoms with van der Waals surface area (Å²) in [6.45, 7) is 1.93. The van der Waals surface area contributed by atoms with Crippen molar-refractivity contribution in [3.63, 3.8) is 0 Å². The van der Waals surface area contributed by atoms with Crippen LogP contribution in [0.2, 0.25) is 0 Å². The average molecular weight is 423 g/mol. The lowest BCUT2D eigenvalue weighted by Crippen LogP contribution is -2.25. The van der Waals surface area contributed by atoms with Crippen LogP contribution >= 0.6 is 0 Å². The fraction of sp³-hybridized carbons (Fsp3) is 0.304. The number of aryl methyl sites for hydroxylation is 1. The lowest BCUT2D eigenvalue weighted by molar-refractivity contribution is -0.148. The molecule has 0 radical (unpaired) electrons. The summed E-state index contributed by atoms with van der Waals surface area (Å²) in [6, 6.07) is 15.0. The highest BCUT2D eigenvalue weighted by atomic mass is 16.5. The van der Waals surface area contributed by atoms with E-state index in [-0.39, 0.29) is 18.7 Å². The van der Waals surface area contributed by atoms with E-state index in [0.717, 1.165) is 16.8 Å². The second-order valence-corrected chi connectivity index (χ2v) is 7.09. The van der Waals surface area contributed by atoms with Gasteiger partial charge in [0.2, 0.25) is 5.91 Å². The van der Waals surface area contributed by atoms with E-state index in [1.165, 1.54) is 12.1 Å². The Bertz CT molecular complexity index is 988. The quantitative estimate of drug-likeness (QED) is 0.659. The van der Waals surface area contributed by atoms with Crippen molar-refractivity contribution >= 4 is 29.2 Å². The number of anilines is 1. The second-order valence-electron chi connectivity index (χ2n) is 7.09. The number of carbonyl (C=O) groups excluding carboxylic acids is 3. The first-order valence-electron chi connectivity index (χ1n) is 9.99. The van der Waals surface area contributed by atoms with E-state index >= 15 is 0 Å². The summed E-state index contributed by atoms with van der Waals surface area (Å²) in [6.07, 6.45) is 0.521. The molecule has 0 fully saturated rings. The number of hydrogen-bond acceptors (Lipinski definition) is 6. The van der Waals surface area contributed by atoms with Gasteiger partial charge in [-0.1, -0.05) is 36.4 Å². The first kappa shape index (κ1) is 22.0. The van der Waals surface area contributed by atoms with Gasteiger partial charge in [0, 0.05) is 12.8 Å². The Balaban J connectivity index is 1.42. The molecule has 8 nitrogen and oxygen atoms in total. The molecule has 2 amide bonds. The highest BCUT2D eigenvalue weighted by molar-refractivity contribution is 6.02. The maximum Gasteiger partial charge on any atom is 0.306 e. The molecule has 2 aromatic rings. The molecule has 0 saturated carbocycles. The molecule has 162 valence electrons. The van der Waals surface area contributed by atoms with Gasteiger partial charge in [-0.05, 0) is 30.2 Å². The van der Waals surface area contributed by atoms with Crippen LogP contribution in [0.4, 0.5) is 5.69 Å². The predicted octanol–water partition coefficient (Wildman–Crippen LogP) is 2.90. The zero-order valence-electron chi connectivity index (χ0n) is 17.6. The van der Waals surface area contributed by atoms with E-state index in [0.29, 0.717) is 24.4 Å². The number of nitrogens with zero attached hydrogens (tertiary/aromatic N) is 2. The largest absolute Gasteiger partial charge is 0.495 e. The van der Waals surface area contributed by atoms with Crippen molar-refractivity contribution in [3.05, 3.63) is 59.7 Å². The van der Waals surface area contributed by atoms with E-state index in [2.05, 4.69) is 10.4 Å². The first-order chi connectivity index (χ1) is 15.0. The maximum atomic E-state index is 12.3. The summed E-state index contributed by atoms with van der Waals surface area (Å²) in [5, 5.41) is 8.39. The summed E-state index contributed by atoms with van der Waals surface area (Å²) in [7, 11) is 1.50. The van der Waals surface area contributed by atoms with Crippen molar-refractivity contribution < 1.29 is 23.9 Å². The molecule has 3 rings (SSSR count). The average Bonchev–Trinajstić information content (AvgIpc) is 3.27. The third-order valence-electron chi connectivity index (χ3n) is 4.73. The molecule has 2 aromatic carbocycles. The first-order valence-corrected chi connectivity index (χ1v) is 9.99. The number of methoxy groups -OCH3 is 1. The molecule has 0 saturated heterocycles. The van der Waals surface area contributed by atoms with Crippen molar-refractivity contribution in [3.8, 4) is 5.75 Å². The van der Waals surface area contributed by atoms with Gasteiger partial charge in [-0.2, -0.15) is 5.10 Å². The van der Waals surface area contributed by atoms with E-state index in [1.807, 2.05) is 43.3 Å². The Kier molecular flexibility index (Phi) is 7.37. The van der Waals surface area contributed by atoms with Crippen LogP contribution in [0.25, 0.3) is 0 Å². The van der Waals surface area contributed by atoms with Crippen molar-refractivity contribution in [2.24, 2.45) is 5.10 Å². The van der Waals surface area contributed by atoms with Crippen LogP contribution in [-0.4, -0.2) is 48.8 Å². The number of ether oxygens (including phenoxy) is 2. The fourth-order valence-electron chi connectivity index (χ4n) is 3.13. The molecule has 1 aliphatic heterocycles. The number of esters is 1.